The maximum absolute atomic E-state index is 12.2. The number of carbonyl (C=O) groups excluding carboxylic acids is 1. The quantitative estimate of drug-likeness (QED) is 0.636. The summed E-state index contributed by atoms with van der Waals surface area (Å²) in [6.07, 6.45) is 4.45. The Morgan fingerprint density at radius 1 is 1.04 bits per heavy atom. The molecule has 1 aromatic carbocycles. The van der Waals surface area contributed by atoms with Gasteiger partial charge in [-0.15, -0.1) is 11.8 Å². The lowest BCUT2D eigenvalue weighted by atomic mass is 10.3. The number of hydrogen-bond donors (Lipinski definition) is 1. The lowest BCUT2D eigenvalue weighted by Gasteiger charge is -2.34. The molecule has 0 bridgehead atoms. The average Bonchev–Trinajstić information content (AvgIpc) is 2.69. The maximum Gasteiger partial charge on any atom is 0.317 e. The number of urea groups is 1. The highest BCUT2D eigenvalue weighted by Crippen LogP contribution is 2.17. The van der Waals surface area contributed by atoms with Gasteiger partial charge >= 0.3 is 6.03 Å². The highest BCUT2D eigenvalue weighted by Gasteiger charge is 2.21. The van der Waals surface area contributed by atoms with Gasteiger partial charge in [-0.05, 0) is 30.4 Å². The topological polar surface area (TPSA) is 61.4 Å². The first-order chi connectivity index (χ1) is 12.3. The van der Waals surface area contributed by atoms with E-state index in [1.165, 1.54) is 4.90 Å². The monoisotopic (exact) mass is 357 g/mol. The Balaban J connectivity index is 1.31. The van der Waals surface area contributed by atoms with Crippen LogP contribution in [0.5, 0.6) is 0 Å². The molecule has 0 radical (unpaired) electrons. The second-order valence-corrected chi connectivity index (χ2v) is 6.94. The largest absolute Gasteiger partial charge is 0.338 e. The fourth-order valence-corrected chi connectivity index (χ4v) is 3.52. The lowest BCUT2D eigenvalue weighted by molar-refractivity contribution is 0.194. The van der Waals surface area contributed by atoms with Crippen molar-refractivity contribution < 1.29 is 4.79 Å². The van der Waals surface area contributed by atoms with Crippen molar-refractivity contribution in [3.8, 4) is 0 Å². The van der Waals surface area contributed by atoms with Gasteiger partial charge < -0.3 is 15.1 Å². The third-order valence-electron chi connectivity index (χ3n) is 4.01. The zero-order valence-electron chi connectivity index (χ0n) is 14.2. The van der Waals surface area contributed by atoms with Gasteiger partial charge in [-0.25, -0.2) is 14.8 Å². The zero-order chi connectivity index (χ0) is 17.3. The van der Waals surface area contributed by atoms with Gasteiger partial charge in [-0.2, -0.15) is 0 Å². The number of amides is 2. The van der Waals surface area contributed by atoms with Gasteiger partial charge in [-0.3, -0.25) is 0 Å². The van der Waals surface area contributed by atoms with Gasteiger partial charge in [0, 0.05) is 50.0 Å². The molecule has 1 N–H and O–H groups in total. The summed E-state index contributed by atoms with van der Waals surface area (Å²) in [5.74, 6) is 1.74. The summed E-state index contributed by atoms with van der Waals surface area (Å²) >= 11 is 1.82. The van der Waals surface area contributed by atoms with E-state index in [4.69, 9.17) is 0 Å². The number of benzene rings is 1. The molecule has 7 heteroatoms. The molecule has 2 aromatic rings. The van der Waals surface area contributed by atoms with Crippen molar-refractivity contribution in [2.24, 2.45) is 0 Å². The second-order valence-electron chi connectivity index (χ2n) is 5.77. The molecule has 6 nitrogen and oxygen atoms in total. The van der Waals surface area contributed by atoms with Gasteiger partial charge in [0.05, 0.1) is 0 Å². The Kier molecular flexibility index (Phi) is 6.50. The van der Waals surface area contributed by atoms with Crippen molar-refractivity contribution in [2.75, 3.05) is 43.4 Å². The Morgan fingerprint density at radius 2 is 1.76 bits per heavy atom. The molecule has 0 aliphatic carbocycles. The number of nitrogens with one attached hydrogen (secondary N) is 1. The minimum Gasteiger partial charge on any atom is -0.338 e. The molecule has 25 heavy (non-hydrogen) atoms. The van der Waals surface area contributed by atoms with Gasteiger partial charge in [-0.1, -0.05) is 18.2 Å². The van der Waals surface area contributed by atoms with E-state index in [2.05, 4.69) is 32.3 Å². The van der Waals surface area contributed by atoms with Crippen molar-refractivity contribution >= 4 is 23.7 Å². The summed E-state index contributed by atoms with van der Waals surface area (Å²) in [6, 6.07) is 12.2. The van der Waals surface area contributed by atoms with Crippen molar-refractivity contribution in [3.63, 3.8) is 0 Å². The standard InChI is InChI=1S/C18H23N5OS/c24-18(21-10-5-15-25-16-6-2-1-3-7-16)23-13-11-22(12-14-23)17-19-8-4-9-20-17/h1-4,6-9H,5,10-15H2,(H,21,24). The minimum atomic E-state index is 0.0262. The molecular formula is C18H23N5OS. The van der Waals surface area contributed by atoms with Crippen molar-refractivity contribution in [3.05, 3.63) is 48.8 Å². The molecule has 1 aliphatic heterocycles. The van der Waals surface area contributed by atoms with E-state index in [1.54, 1.807) is 12.4 Å². The third-order valence-corrected chi connectivity index (χ3v) is 5.11. The van der Waals surface area contributed by atoms with Crippen LogP contribution >= 0.6 is 11.8 Å². The van der Waals surface area contributed by atoms with E-state index in [-0.39, 0.29) is 6.03 Å². The van der Waals surface area contributed by atoms with Crippen LogP contribution in [-0.2, 0) is 0 Å². The minimum absolute atomic E-state index is 0.0262. The first-order valence-corrected chi connectivity index (χ1v) is 9.54. The van der Waals surface area contributed by atoms with Crippen LogP contribution in [0.2, 0.25) is 0 Å². The molecule has 0 unspecified atom stereocenters. The number of piperazine rings is 1. The number of aromatic nitrogens is 2. The normalized spacial score (nSPS) is 14.4. The predicted molar refractivity (Wildman–Crippen MR) is 101 cm³/mol. The van der Waals surface area contributed by atoms with E-state index in [0.717, 1.165) is 31.2 Å². The predicted octanol–water partition coefficient (Wildman–Crippen LogP) is 2.49. The highest BCUT2D eigenvalue weighted by molar-refractivity contribution is 7.99. The molecule has 2 heterocycles. The molecule has 3 rings (SSSR count). The summed E-state index contributed by atoms with van der Waals surface area (Å²) in [6.45, 7) is 3.63. The molecular weight excluding hydrogens is 334 g/mol. The van der Waals surface area contributed by atoms with Gasteiger partial charge in [0.2, 0.25) is 5.95 Å². The van der Waals surface area contributed by atoms with Crippen LogP contribution in [0.25, 0.3) is 0 Å². The molecule has 0 atom stereocenters. The van der Waals surface area contributed by atoms with Crippen LogP contribution in [-0.4, -0.2) is 59.4 Å². The number of hydrogen-bond acceptors (Lipinski definition) is 5. The number of rotatable bonds is 6. The smallest absolute Gasteiger partial charge is 0.317 e. The van der Waals surface area contributed by atoms with E-state index in [0.29, 0.717) is 19.6 Å². The molecule has 1 aliphatic rings. The van der Waals surface area contributed by atoms with E-state index >= 15 is 0 Å². The first-order valence-electron chi connectivity index (χ1n) is 8.55. The fraction of sp³-hybridized carbons (Fsp3) is 0.389. The summed E-state index contributed by atoms with van der Waals surface area (Å²) in [5, 5.41) is 3.02. The van der Waals surface area contributed by atoms with Crippen LogP contribution in [0.15, 0.2) is 53.7 Å². The summed E-state index contributed by atoms with van der Waals surface area (Å²) < 4.78 is 0. The van der Waals surface area contributed by atoms with Gasteiger partial charge in [0.15, 0.2) is 0 Å². The van der Waals surface area contributed by atoms with Crippen LogP contribution in [0.4, 0.5) is 10.7 Å². The lowest BCUT2D eigenvalue weighted by Crippen LogP contribution is -2.52. The molecule has 1 fully saturated rings. The van der Waals surface area contributed by atoms with Crippen molar-refractivity contribution in [2.45, 2.75) is 11.3 Å². The zero-order valence-corrected chi connectivity index (χ0v) is 15.0. The molecule has 0 saturated carbocycles. The maximum atomic E-state index is 12.2. The Morgan fingerprint density at radius 3 is 2.48 bits per heavy atom. The van der Waals surface area contributed by atoms with Crippen LogP contribution < -0.4 is 10.2 Å². The fourth-order valence-electron chi connectivity index (χ4n) is 2.65. The Hall–Kier alpha value is -2.28. The summed E-state index contributed by atoms with van der Waals surface area (Å²) in [4.78, 5) is 26.0. The molecule has 132 valence electrons. The molecule has 1 saturated heterocycles. The van der Waals surface area contributed by atoms with Gasteiger partial charge in [0.1, 0.15) is 0 Å². The summed E-state index contributed by atoms with van der Waals surface area (Å²) in [7, 11) is 0. The molecule has 1 aromatic heterocycles. The third kappa shape index (κ3) is 5.35. The van der Waals surface area contributed by atoms with Crippen molar-refractivity contribution in [1.82, 2.24) is 20.2 Å². The number of nitrogens with zero attached hydrogens (tertiary/aromatic N) is 4. The van der Waals surface area contributed by atoms with E-state index < -0.39 is 0 Å². The van der Waals surface area contributed by atoms with E-state index in [9.17, 15) is 4.79 Å². The summed E-state index contributed by atoms with van der Waals surface area (Å²) in [5.41, 5.74) is 0. The second kappa shape index (κ2) is 9.27. The SMILES string of the molecule is O=C(NCCCSc1ccccc1)N1CCN(c2ncccn2)CC1. The van der Waals surface area contributed by atoms with Gasteiger partial charge in [0.25, 0.3) is 0 Å². The molecule has 2 amide bonds. The van der Waals surface area contributed by atoms with Crippen LogP contribution in [0.3, 0.4) is 0 Å². The van der Waals surface area contributed by atoms with Crippen LogP contribution in [0.1, 0.15) is 6.42 Å². The first kappa shape index (κ1) is 17.5. The Labute approximate surface area is 152 Å². The van der Waals surface area contributed by atoms with Crippen molar-refractivity contribution in [1.29, 1.82) is 0 Å². The van der Waals surface area contributed by atoms with Crippen LogP contribution in [0, 0.1) is 0 Å². The number of thioether (sulfide) groups is 1. The average molecular weight is 357 g/mol. The van der Waals surface area contributed by atoms with E-state index in [1.807, 2.05) is 40.9 Å². The number of anilines is 1. The Bertz CT molecular complexity index is 647. The highest BCUT2D eigenvalue weighted by atomic mass is 32.2. The molecule has 0 spiro atoms. The number of carbonyl (C=O) groups is 1.